The number of carbonyl (C=O) groups excluding carboxylic acids is 2. The molecule has 0 radical (unpaired) electrons. The lowest BCUT2D eigenvalue weighted by atomic mass is 10.0. The third-order valence-corrected chi connectivity index (χ3v) is 3.87. The van der Waals surface area contributed by atoms with Gasteiger partial charge in [0.25, 0.3) is 5.69 Å². The van der Waals surface area contributed by atoms with Crippen molar-refractivity contribution in [1.82, 2.24) is 4.98 Å². The molecule has 2 rings (SSSR count). The Morgan fingerprint density at radius 1 is 1.03 bits per heavy atom. The predicted octanol–water partition coefficient (Wildman–Crippen LogP) is 3.57. The number of non-ortho nitro benzene ring substituents is 1. The second kappa shape index (κ2) is 9.06. The number of carbonyl (C=O) groups is 2. The third kappa shape index (κ3) is 4.46. The molecule has 0 N–H and O–H groups in total. The molecule has 2 aromatic rings. The number of nitro benzene ring substituents is 1. The molecule has 1 heterocycles. The SMILES string of the molecule is CCOC(=O)c1c(Cl)nc(-c2cccc([N+](=O)[O-])c2)c([N+](=O)[O-])c1C(=O)OCC. The van der Waals surface area contributed by atoms with Crippen molar-refractivity contribution in [2.24, 2.45) is 0 Å². The number of aromatic nitrogens is 1. The smallest absolute Gasteiger partial charge is 0.346 e. The van der Waals surface area contributed by atoms with E-state index in [9.17, 15) is 29.8 Å². The fourth-order valence-electron chi connectivity index (χ4n) is 2.48. The van der Waals surface area contributed by atoms with Gasteiger partial charge in [-0.2, -0.15) is 0 Å². The number of pyridine rings is 1. The summed E-state index contributed by atoms with van der Waals surface area (Å²) in [6.45, 7) is 2.75. The van der Waals surface area contributed by atoms with E-state index in [0.717, 1.165) is 6.07 Å². The molecule has 1 aromatic carbocycles. The van der Waals surface area contributed by atoms with Crippen molar-refractivity contribution in [3.8, 4) is 11.3 Å². The minimum atomic E-state index is -1.18. The van der Waals surface area contributed by atoms with E-state index >= 15 is 0 Å². The molecule has 0 aliphatic rings. The summed E-state index contributed by atoms with van der Waals surface area (Å²) in [5.41, 5.74) is -3.07. The topological polar surface area (TPSA) is 152 Å². The van der Waals surface area contributed by atoms with Crippen molar-refractivity contribution in [3.63, 3.8) is 0 Å². The van der Waals surface area contributed by atoms with Crippen molar-refractivity contribution in [3.05, 3.63) is 60.8 Å². The van der Waals surface area contributed by atoms with Crippen LogP contribution in [0.25, 0.3) is 11.3 Å². The lowest BCUT2D eigenvalue weighted by molar-refractivity contribution is -0.385. The van der Waals surface area contributed by atoms with E-state index in [2.05, 4.69) is 4.98 Å². The Bertz CT molecular complexity index is 1010. The van der Waals surface area contributed by atoms with Crippen LogP contribution in [0.15, 0.2) is 24.3 Å². The van der Waals surface area contributed by atoms with Crippen molar-refractivity contribution in [2.45, 2.75) is 13.8 Å². The van der Waals surface area contributed by atoms with Gasteiger partial charge in [-0.1, -0.05) is 23.7 Å². The van der Waals surface area contributed by atoms with Crippen LogP contribution in [0.3, 0.4) is 0 Å². The monoisotopic (exact) mass is 423 g/mol. The number of esters is 2. The summed E-state index contributed by atoms with van der Waals surface area (Å²) in [4.78, 5) is 49.9. The van der Waals surface area contributed by atoms with E-state index < -0.39 is 49.4 Å². The number of nitro groups is 2. The van der Waals surface area contributed by atoms with Gasteiger partial charge in [-0.3, -0.25) is 20.2 Å². The second-order valence-electron chi connectivity index (χ2n) is 5.36. The quantitative estimate of drug-likeness (QED) is 0.281. The number of halogens is 1. The van der Waals surface area contributed by atoms with Crippen LogP contribution in [-0.2, 0) is 9.47 Å². The molecule has 0 spiro atoms. The highest BCUT2D eigenvalue weighted by Crippen LogP contribution is 2.38. The van der Waals surface area contributed by atoms with Crippen LogP contribution in [0.2, 0.25) is 5.15 Å². The van der Waals surface area contributed by atoms with Crippen LogP contribution in [0.5, 0.6) is 0 Å². The summed E-state index contributed by atoms with van der Waals surface area (Å²) in [5.74, 6) is -2.28. The van der Waals surface area contributed by atoms with Gasteiger partial charge in [-0.25, -0.2) is 14.6 Å². The number of nitrogens with zero attached hydrogens (tertiary/aromatic N) is 3. The number of hydrogen-bond acceptors (Lipinski definition) is 9. The molecule has 0 saturated carbocycles. The Morgan fingerprint density at radius 3 is 2.14 bits per heavy atom. The third-order valence-electron chi connectivity index (χ3n) is 3.60. The van der Waals surface area contributed by atoms with Crippen LogP contribution >= 0.6 is 11.6 Å². The first-order valence-corrected chi connectivity index (χ1v) is 8.57. The van der Waals surface area contributed by atoms with Crippen LogP contribution in [0, 0.1) is 20.2 Å². The van der Waals surface area contributed by atoms with E-state index in [1.807, 2.05) is 0 Å². The molecule has 0 unspecified atom stereocenters. The molecule has 0 atom stereocenters. The minimum Gasteiger partial charge on any atom is -0.462 e. The van der Waals surface area contributed by atoms with E-state index in [0.29, 0.717) is 0 Å². The van der Waals surface area contributed by atoms with Gasteiger partial charge in [0.1, 0.15) is 10.7 Å². The van der Waals surface area contributed by atoms with E-state index in [-0.39, 0.29) is 24.5 Å². The number of benzene rings is 1. The molecule has 0 aliphatic carbocycles. The Morgan fingerprint density at radius 2 is 1.62 bits per heavy atom. The van der Waals surface area contributed by atoms with Gasteiger partial charge in [-0.05, 0) is 13.8 Å². The Balaban J connectivity index is 2.91. The van der Waals surface area contributed by atoms with Crippen molar-refractivity contribution < 1.29 is 28.9 Å². The highest BCUT2D eigenvalue weighted by Gasteiger charge is 2.37. The minimum absolute atomic E-state index is 0.0474. The maximum absolute atomic E-state index is 12.5. The van der Waals surface area contributed by atoms with Crippen LogP contribution in [-0.4, -0.2) is 40.0 Å². The Labute approximate surface area is 168 Å². The second-order valence-corrected chi connectivity index (χ2v) is 5.71. The zero-order chi connectivity index (χ0) is 21.7. The van der Waals surface area contributed by atoms with Crippen LogP contribution in [0.4, 0.5) is 11.4 Å². The van der Waals surface area contributed by atoms with E-state index in [4.69, 9.17) is 21.1 Å². The number of ether oxygens (including phenoxy) is 2. The molecule has 0 saturated heterocycles. The van der Waals surface area contributed by atoms with Gasteiger partial charge in [0, 0.05) is 17.7 Å². The van der Waals surface area contributed by atoms with Crippen LogP contribution < -0.4 is 0 Å². The summed E-state index contributed by atoms with van der Waals surface area (Å²) in [6.07, 6.45) is 0. The molecule has 0 bridgehead atoms. The molecule has 11 nitrogen and oxygen atoms in total. The summed E-state index contributed by atoms with van der Waals surface area (Å²) in [6, 6.07) is 4.81. The average molecular weight is 424 g/mol. The fourth-order valence-corrected chi connectivity index (χ4v) is 2.74. The molecule has 29 heavy (non-hydrogen) atoms. The van der Waals surface area contributed by atoms with Crippen molar-refractivity contribution in [2.75, 3.05) is 13.2 Å². The van der Waals surface area contributed by atoms with Gasteiger partial charge in [0.15, 0.2) is 11.3 Å². The zero-order valence-corrected chi connectivity index (χ0v) is 16.0. The van der Waals surface area contributed by atoms with E-state index in [1.165, 1.54) is 32.0 Å². The lowest BCUT2D eigenvalue weighted by Crippen LogP contribution is -2.18. The fraction of sp³-hybridized carbons (Fsp3) is 0.235. The average Bonchev–Trinajstić information content (AvgIpc) is 2.67. The summed E-state index contributed by atoms with van der Waals surface area (Å²) >= 11 is 6.06. The molecule has 1 aromatic heterocycles. The molecule has 0 aliphatic heterocycles. The van der Waals surface area contributed by atoms with Crippen LogP contribution in [0.1, 0.15) is 34.6 Å². The zero-order valence-electron chi connectivity index (χ0n) is 15.2. The molecular weight excluding hydrogens is 410 g/mol. The first-order chi connectivity index (χ1) is 13.7. The van der Waals surface area contributed by atoms with Gasteiger partial charge < -0.3 is 9.47 Å². The maximum Gasteiger partial charge on any atom is 0.346 e. The highest BCUT2D eigenvalue weighted by atomic mass is 35.5. The first kappa shape index (κ1) is 21.7. The standard InChI is InChI=1S/C17H14ClN3O8/c1-3-28-16(22)11-12(17(23)29-4-2)15(18)19-13(14(11)21(26)27)9-6-5-7-10(8-9)20(24)25/h5-8H,3-4H2,1-2H3. The number of rotatable bonds is 7. The molecule has 12 heteroatoms. The highest BCUT2D eigenvalue weighted by molar-refractivity contribution is 6.34. The lowest BCUT2D eigenvalue weighted by Gasteiger charge is -2.13. The summed E-state index contributed by atoms with van der Waals surface area (Å²) in [7, 11) is 0. The Hall–Kier alpha value is -3.60. The normalized spacial score (nSPS) is 10.3. The summed E-state index contributed by atoms with van der Waals surface area (Å²) < 4.78 is 9.68. The molecule has 0 amide bonds. The van der Waals surface area contributed by atoms with Gasteiger partial charge in [0.05, 0.1) is 23.1 Å². The largest absolute Gasteiger partial charge is 0.462 e. The molecular formula is C17H14ClN3O8. The van der Waals surface area contributed by atoms with Gasteiger partial charge in [-0.15, -0.1) is 0 Å². The maximum atomic E-state index is 12.5. The van der Waals surface area contributed by atoms with Crippen molar-refractivity contribution in [1.29, 1.82) is 0 Å². The van der Waals surface area contributed by atoms with E-state index in [1.54, 1.807) is 0 Å². The number of hydrogen-bond donors (Lipinski definition) is 0. The molecule has 0 fully saturated rings. The Kier molecular flexibility index (Phi) is 6.78. The van der Waals surface area contributed by atoms with Crippen molar-refractivity contribution >= 4 is 34.9 Å². The molecule has 152 valence electrons. The van der Waals surface area contributed by atoms with Gasteiger partial charge >= 0.3 is 17.6 Å². The van der Waals surface area contributed by atoms with Gasteiger partial charge in [0.2, 0.25) is 0 Å². The first-order valence-electron chi connectivity index (χ1n) is 8.19. The predicted molar refractivity (Wildman–Crippen MR) is 99.9 cm³/mol. The summed E-state index contributed by atoms with van der Waals surface area (Å²) in [5, 5.41) is 22.3.